The Bertz CT molecular complexity index is 639. The molecule has 0 unspecified atom stereocenters. The van der Waals surface area contributed by atoms with Crippen LogP contribution in [0.3, 0.4) is 0 Å². The van der Waals surface area contributed by atoms with Gasteiger partial charge in [0.1, 0.15) is 5.76 Å². The Labute approximate surface area is 148 Å². The van der Waals surface area contributed by atoms with E-state index in [4.69, 9.17) is 4.42 Å². The van der Waals surface area contributed by atoms with E-state index < -0.39 is 0 Å². The van der Waals surface area contributed by atoms with Crippen molar-refractivity contribution in [3.63, 3.8) is 0 Å². The predicted octanol–water partition coefficient (Wildman–Crippen LogP) is 3.49. The number of thiophene rings is 1. The number of aromatic nitrogens is 1. The van der Waals surface area contributed by atoms with Crippen molar-refractivity contribution in [3.8, 4) is 10.8 Å². The molecule has 2 aromatic heterocycles. The standard InChI is InChI=1S/C18H27N3O2S/c1-12(2)21(13(3)4)9-8-19-17(22)11-15-14(5)23-18(20-15)16-7-6-10-24-16/h6-7,10,12-13H,8-9,11H2,1-5H3,(H,19,22). The zero-order valence-corrected chi connectivity index (χ0v) is 15.9. The lowest BCUT2D eigenvalue weighted by Gasteiger charge is -2.30. The number of nitrogens with zero attached hydrogens (tertiary/aromatic N) is 2. The topological polar surface area (TPSA) is 58.4 Å². The van der Waals surface area contributed by atoms with Crippen LogP contribution in [0.5, 0.6) is 0 Å². The lowest BCUT2D eigenvalue weighted by atomic mass is 10.2. The minimum absolute atomic E-state index is 0.0170. The van der Waals surface area contributed by atoms with E-state index in [9.17, 15) is 4.79 Å². The summed E-state index contributed by atoms with van der Waals surface area (Å²) in [7, 11) is 0. The first-order chi connectivity index (χ1) is 11.4. The van der Waals surface area contributed by atoms with Crippen LogP contribution in [0.15, 0.2) is 21.9 Å². The molecular formula is C18H27N3O2S. The molecule has 0 aliphatic carbocycles. The van der Waals surface area contributed by atoms with Crippen LogP contribution in [0, 0.1) is 6.92 Å². The third kappa shape index (κ3) is 4.92. The molecule has 2 heterocycles. The van der Waals surface area contributed by atoms with E-state index in [0.29, 0.717) is 36.0 Å². The quantitative estimate of drug-likeness (QED) is 0.792. The van der Waals surface area contributed by atoms with Gasteiger partial charge in [-0.25, -0.2) is 4.98 Å². The molecule has 0 atom stereocenters. The number of aryl methyl sites for hydroxylation is 1. The predicted molar refractivity (Wildman–Crippen MR) is 98.2 cm³/mol. The van der Waals surface area contributed by atoms with Gasteiger partial charge in [-0.15, -0.1) is 11.3 Å². The first-order valence-corrected chi connectivity index (χ1v) is 9.29. The zero-order valence-electron chi connectivity index (χ0n) is 15.1. The fourth-order valence-corrected chi connectivity index (χ4v) is 3.40. The first-order valence-electron chi connectivity index (χ1n) is 8.41. The molecule has 0 aliphatic rings. The van der Waals surface area contributed by atoms with Crippen molar-refractivity contribution in [1.82, 2.24) is 15.2 Å². The van der Waals surface area contributed by atoms with Crippen molar-refractivity contribution in [3.05, 3.63) is 29.0 Å². The molecule has 1 N–H and O–H groups in total. The largest absolute Gasteiger partial charge is 0.440 e. The highest BCUT2D eigenvalue weighted by Gasteiger charge is 2.16. The average Bonchev–Trinajstić information content (AvgIpc) is 3.13. The van der Waals surface area contributed by atoms with Gasteiger partial charge in [-0.3, -0.25) is 9.69 Å². The molecule has 0 saturated heterocycles. The molecule has 132 valence electrons. The number of carbonyl (C=O) groups is 1. The van der Waals surface area contributed by atoms with Gasteiger partial charge in [-0.1, -0.05) is 6.07 Å². The van der Waals surface area contributed by atoms with Gasteiger partial charge in [0.25, 0.3) is 0 Å². The van der Waals surface area contributed by atoms with E-state index in [-0.39, 0.29) is 12.3 Å². The molecule has 24 heavy (non-hydrogen) atoms. The highest BCUT2D eigenvalue weighted by molar-refractivity contribution is 7.13. The molecule has 2 rings (SSSR count). The maximum absolute atomic E-state index is 12.2. The van der Waals surface area contributed by atoms with Gasteiger partial charge in [0.15, 0.2) is 0 Å². The summed E-state index contributed by atoms with van der Waals surface area (Å²) in [6, 6.07) is 4.86. The third-order valence-electron chi connectivity index (χ3n) is 3.97. The van der Waals surface area contributed by atoms with Crippen molar-refractivity contribution in [2.75, 3.05) is 13.1 Å². The van der Waals surface area contributed by atoms with E-state index in [1.165, 1.54) is 0 Å². The average molecular weight is 350 g/mol. The molecule has 0 aliphatic heterocycles. The van der Waals surface area contributed by atoms with Crippen molar-refractivity contribution >= 4 is 17.2 Å². The summed E-state index contributed by atoms with van der Waals surface area (Å²) in [5, 5.41) is 4.97. The lowest BCUT2D eigenvalue weighted by Crippen LogP contribution is -2.42. The van der Waals surface area contributed by atoms with Crippen LogP contribution < -0.4 is 5.32 Å². The Hall–Kier alpha value is -1.66. The summed E-state index contributed by atoms with van der Waals surface area (Å²) in [5.74, 6) is 1.28. The molecule has 0 saturated carbocycles. The van der Waals surface area contributed by atoms with Crippen LogP contribution >= 0.6 is 11.3 Å². The van der Waals surface area contributed by atoms with Gasteiger partial charge in [0.2, 0.25) is 11.8 Å². The molecule has 6 heteroatoms. The Kier molecular flexibility index (Phi) is 6.57. The summed E-state index contributed by atoms with van der Waals surface area (Å²) in [4.78, 5) is 20.0. The minimum atomic E-state index is -0.0170. The Balaban J connectivity index is 1.87. The molecular weight excluding hydrogens is 322 g/mol. The van der Waals surface area contributed by atoms with E-state index in [0.717, 1.165) is 11.4 Å². The van der Waals surface area contributed by atoms with Crippen LogP contribution in [-0.4, -0.2) is 41.0 Å². The number of hydrogen-bond acceptors (Lipinski definition) is 5. The van der Waals surface area contributed by atoms with Gasteiger partial charge >= 0.3 is 0 Å². The second-order valence-electron chi connectivity index (χ2n) is 6.45. The van der Waals surface area contributed by atoms with Crippen molar-refractivity contribution < 1.29 is 9.21 Å². The summed E-state index contributed by atoms with van der Waals surface area (Å²) in [6.45, 7) is 12.0. The van der Waals surface area contributed by atoms with E-state index in [1.54, 1.807) is 11.3 Å². The smallest absolute Gasteiger partial charge is 0.236 e. The van der Waals surface area contributed by atoms with Crippen molar-refractivity contribution in [2.24, 2.45) is 0 Å². The summed E-state index contributed by atoms with van der Waals surface area (Å²) >= 11 is 1.58. The number of hydrogen-bond donors (Lipinski definition) is 1. The Morgan fingerprint density at radius 1 is 1.33 bits per heavy atom. The van der Waals surface area contributed by atoms with E-state index in [1.807, 2.05) is 24.4 Å². The third-order valence-corrected chi connectivity index (χ3v) is 4.83. The molecule has 0 bridgehead atoms. The molecule has 2 aromatic rings. The maximum atomic E-state index is 12.2. The fourth-order valence-electron chi connectivity index (χ4n) is 2.75. The van der Waals surface area contributed by atoms with Crippen LogP contribution in [0.4, 0.5) is 0 Å². The molecule has 0 fully saturated rings. The summed E-state index contributed by atoms with van der Waals surface area (Å²) in [6.07, 6.45) is 0.254. The summed E-state index contributed by atoms with van der Waals surface area (Å²) < 4.78 is 5.68. The van der Waals surface area contributed by atoms with Crippen LogP contribution in [0.1, 0.15) is 39.1 Å². The van der Waals surface area contributed by atoms with E-state index in [2.05, 4.69) is 42.9 Å². The van der Waals surface area contributed by atoms with Crippen molar-refractivity contribution in [2.45, 2.75) is 53.1 Å². The molecule has 0 spiro atoms. The number of rotatable bonds is 8. The monoisotopic (exact) mass is 349 g/mol. The van der Waals surface area contributed by atoms with Gasteiger partial charge in [-0.2, -0.15) is 0 Å². The van der Waals surface area contributed by atoms with E-state index >= 15 is 0 Å². The van der Waals surface area contributed by atoms with Crippen LogP contribution in [-0.2, 0) is 11.2 Å². The fraction of sp³-hybridized carbons (Fsp3) is 0.556. The number of nitrogens with one attached hydrogen (secondary N) is 1. The van der Waals surface area contributed by atoms with Gasteiger partial charge in [0.05, 0.1) is 17.0 Å². The number of oxazole rings is 1. The molecule has 5 nitrogen and oxygen atoms in total. The highest BCUT2D eigenvalue weighted by Crippen LogP contribution is 2.25. The van der Waals surface area contributed by atoms with Crippen molar-refractivity contribution in [1.29, 1.82) is 0 Å². The second-order valence-corrected chi connectivity index (χ2v) is 7.40. The molecule has 1 amide bonds. The molecule has 0 aromatic carbocycles. The van der Waals surface area contributed by atoms with Gasteiger partial charge < -0.3 is 9.73 Å². The van der Waals surface area contributed by atoms with Gasteiger partial charge in [-0.05, 0) is 46.1 Å². The Morgan fingerprint density at radius 3 is 2.62 bits per heavy atom. The second kappa shape index (κ2) is 8.44. The number of carbonyl (C=O) groups excluding carboxylic acids is 1. The SMILES string of the molecule is Cc1oc(-c2cccs2)nc1CC(=O)NCCN(C(C)C)C(C)C. The zero-order chi connectivity index (χ0) is 17.7. The normalized spacial score (nSPS) is 11.7. The Morgan fingerprint density at radius 2 is 2.04 bits per heavy atom. The lowest BCUT2D eigenvalue weighted by molar-refractivity contribution is -0.120. The van der Waals surface area contributed by atoms with Crippen LogP contribution in [0.2, 0.25) is 0 Å². The first kappa shape index (κ1) is 18.7. The highest BCUT2D eigenvalue weighted by atomic mass is 32.1. The number of amides is 1. The van der Waals surface area contributed by atoms with Gasteiger partial charge in [0, 0.05) is 25.2 Å². The van der Waals surface area contributed by atoms with Crippen LogP contribution in [0.25, 0.3) is 10.8 Å². The molecule has 0 radical (unpaired) electrons. The minimum Gasteiger partial charge on any atom is -0.440 e. The summed E-state index contributed by atoms with van der Waals surface area (Å²) in [5.41, 5.74) is 0.709. The maximum Gasteiger partial charge on any atom is 0.236 e.